The van der Waals surface area contributed by atoms with Crippen LogP contribution in [0.3, 0.4) is 0 Å². The van der Waals surface area contributed by atoms with Gasteiger partial charge in [-0.2, -0.15) is 0 Å². The summed E-state index contributed by atoms with van der Waals surface area (Å²) in [6.45, 7) is 11.1. The van der Waals surface area contributed by atoms with Gasteiger partial charge in [0.25, 0.3) is 0 Å². The molecule has 3 heteroatoms. The Morgan fingerprint density at radius 1 is 1.33 bits per heavy atom. The van der Waals surface area contributed by atoms with Crippen molar-refractivity contribution in [3.8, 4) is 0 Å². The Bertz CT molecular complexity index is 197. The smallest absolute Gasteiger partial charge is 0.191 e. The highest BCUT2D eigenvalue weighted by Gasteiger charge is 2.05. The zero-order chi connectivity index (χ0) is 11.7. The van der Waals surface area contributed by atoms with Gasteiger partial charge >= 0.3 is 0 Å². The summed E-state index contributed by atoms with van der Waals surface area (Å²) in [7, 11) is 1.79. The van der Waals surface area contributed by atoms with E-state index in [1.807, 2.05) is 6.08 Å². The van der Waals surface area contributed by atoms with Gasteiger partial charge in [-0.25, -0.2) is 0 Å². The van der Waals surface area contributed by atoms with E-state index in [0.717, 1.165) is 18.4 Å². The minimum atomic E-state index is 0.461. The fourth-order valence-electron chi connectivity index (χ4n) is 1.25. The second-order valence-corrected chi connectivity index (χ2v) is 4.26. The summed E-state index contributed by atoms with van der Waals surface area (Å²) in [5, 5.41) is 6.51. The summed E-state index contributed by atoms with van der Waals surface area (Å²) < 4.78 is 0. The molecule has 0 aromatic carbocycles. The lowest BCUT2D eigenvalue weighted by Gasteiger charge is -2.18. The predicted octanol–water partition coefficient (Wildman–Crippen LogP) is 2.16. The number of guanidine groups is 1. The summed E-state index contributed by atoms with van der Waals surface area (Å²) in [4.78, 5) is 4.14. The molecule has 0 rings (SSSR count). The summed E-state index contributed by atoms with van der Waals surface area (Å²) in [5.41, 5.74) is 0. The highest BCUT2D eigenvalue weighted by molar-refractivity contribution is 5.80. The second kappa shape index (κ2) is 8.33. The summed E-state index contributed by atoms with van der Waals surface area (Å²) in [6.07, 6.45) is 4.24. The molecule has 0 radical (unpaired) electrons. The molecule has 0 aromatic heterocycles. The maximum Gasteiger partial charge on any atom is 0.191 e. The second-order valence-electron chi connectivity index (χ2n) is 4.26. The average Bonchev–Trinajstić information content (AvgIpc) is 2.21. The van der Waals surface area contributed by atoms with Gasteiger partial charge in [0.1, 0.15) is 0 Å². The van der Waals surface area contributed by atoms with E-state index in [2.05, 4.69) is 43.0 Å². The van der Waals surface area contributed by atoms with Gasteiger partial charge in [0.15, 0.2) is 5.96 Å². The molecule has 0 spiro atoms. The third kappa shape index (κ3) is 8.03. The van der Waals surface area contributed by atoms with Crippen LogP contribution in [0, 0.1) is 5.92 Å². The number of nitrogens with zero attached hydrogens (tertiary/aromatic N) is 1. The van der Waals surface area contributed by atoms with Gasteiger partial charge in [-0.15, -0.1) is 6.58 Å². The quantitative estimate of drug-likeness (QED) is 0.401. The molecule has 0 fully saturated rings. The van der Waals surface area contributed by atoms with E-state index in [4.69, 9.17) is 0 Å². The fraction of sp³-hybridized carbons (Fsp3) is 0.750. The summed E-state index contributed by atoms with van der Waals surface area (Å²) in [6, 6.07) is 0.461. The Kier molecular flexibility index (Phi) is 7.78. The van der Waals surface area contributed by atoms with E-state index in [9.17, 15) is 0 Å². The maximum atomic E-state index is 4.14. The molecule has 0 aliphatic rings. The van der Waals surface area contributed by atoms with Crippen molar-refractivity contribution >= 4 is 5.96 Å². The van der Waals surface area contributed by atoms with E-state index >= 15 is 0 Å². The third-order valence-corrected chi connectivity index (χ3v) is 2.20. The van der Waals surface area contributed by atoms with Crippen molar-refractivity contribution in [3.05, 3.63) is 12.7 Å². The minimum absolute atomic E-state index is 0.461. The van der Waals surface area contributed by atoms with Crippen LogP contribution in [-0.4, -0.2) is 25.6 Å². The molecule has 1 unspecified atom stereocenters. The van der Waals surface area contributed by atoms with E-state index in [1.165, 1.54) is 12.8 Å². The van der Waals surface area contributed by atoms with Gasteiger partial charge in [-0.3, -0.25) is 4.99 Å². The van der Waals surface area contributed by atoms with Crippen LogP contribution in [-0.2, 0) is 0 Å². The van der Waals surface area contributed by atoms with Crippen LogP contribution >= 0.6 is 0 Å². The predicted molar refractivity (Wildman–Crippen MR) is 68.2 cm³/mol. The molecular weight excluding hydrogens is 186 g/mol. The molecular formula is C12H25N3. The van der Waals surface area contributed by atoms with E-state index in [-0.39, 0.29) is 0 Å². The lowest BCUT2D eigenvalue weighted by molar-refractivity contribution is 0.489. The zero-order valence-corrected chi connectivity index (χ0v) is 10.5. The Morgan fingerprint density at radius 3 is 2.47 bits per heavy atom. The number of aliphatic imine (C=N–C) groups is 1. The molecule has 3 nitrogen and oxygen atoms in total. The average molecular weight is 211 g/mol. The molecule has 0 aliphatic carbocycles. The highest BCUT2D eigenvalue weighted by atomic mass is 15.2. The SMILES string of the molecule is C=CCNC(=NC)NC(C)CCC(C)C. The van der Waals surface area contributed by atoms with Crippen LogP contribution in [0.5, 0.6) is 0 Å². The molecule has 88 valence electrons. The Hall–Kier alpha value is -0.990. The molecule has 0 heterocycles. The molecule has 2 N–H and O–H groups in total. The van der Waals surface area contributed by atoms with Crippen molar-refractivity contribution in [2.45, 2.75) is 39.7 Å². The van der Waals surface area contributed by atoms with Crippen LogP contribution < -0.4 is 10.6 Å². The number of hydrogen-bond donors (Lipinski definition) is 2. The van der Waals surface area contributed by atoms with Crippen molar-refractivity contribution in [2.75, 3.05) is 13.6 Å². The molecule has 0 bridgehead atoms. The van der Waals surface area contributed by atoms with E-state index in [0.29, 0.717) is 6.04 Å². The summed E-state index contributed by atoms with van der Waals surface area (Å²) >= 11 is 0. The first-order valence-electron chi connectivity index (χ1n) is 5.68. The lowest BCUT2D eigenvalue weighted by Crippen LogP contribution is -2.42. The van der Waals surface area contributed by atoms with Crippen molar-refractivity contribution in [1.82, 2.24) is 10.6 Å². The van der Waals surface area contributed by atoms with Crippen molar-refractivity contribution in [1.29, 1.82) is 0 Å². The van der Waals surface area contributed by atoms with Crippen LogP contribution in [0.15, 0.2) is 17.6 Å². The van der Waals surface area contributed by atoms with Crippen molar-refractivity contribution < 1.29 is 0 Å². The molecule has 15 heavy (non-hydrogen) atoms. The highest BCUT2D eigenvalue weighted by Crippen LogP contribution is 2.05. The Labute approximate surface area is 94.1 Å². The van der Waals surface area contributed by atoms with Crippen LogP contribution in [0.1, 0.15) is 33.6 Å². The normalized spacial score (nSPS) is 13.8. The molecule has 0 aromatic rings. The van der Waals surface area contributed by atoms with Gasteiger partial charge in [-0.1, -0.05) is 19.9 Å². The van der Waals surface area contributed by atoms with Gasteiger partial charge in [0.05, 0.1) is 0 Å². The van der Waals surface area contributed by atoms with Gasteiger partial charge < -0.3 is 10.6 Å². The van der Waals surface area contributed by atoms with Gasteiger partial charge in [-0.05, 0) is 25.7 Å². The van der Waals surface area contributed by atoms with Gasteiger partial charge in [0, 0.05) is 19.6 Å². The first kappa shape index (κ1) is 14.0. The van der Waals surface area contributed by atoms with Crippen molar-refractivity contribution in [3.63, 3.8) is 0 Å². The minimum Gasteiger partial charge on any atom is -0.354 e. The fourth-order valence-corrected chi connectivity index (χ4v) is 1.25. The van der Waals surface area contributed by atoms with Crippen LogP contribution in [0.4, 0.5) is 0 Å². The first-order chi connectivity index (χ1) is 7.10. The Balaban J connectivity index is 3.80. The first-order valence-corrected chi connectivity index (χ1v) is 5.68. The van der Waals surface area contributed by atoms with Crippen LogP contribution in [0.2, 0.25) is 0 Å². The molecule has 1 atom stereocenters. The molecule has 0 saturated heterocycles. The topological polar surface area (TPSA) is 36.4 Å². The Morgan fingerprint density at radius 2 is 2.00 bits per heavy atom. The standard InChI is InChI=1S/C12H25N3/c1-6-9-14-12(13-5)15-11(4)8-7-10(2)3/h6,10-11H,1,7-9H2,2-5H3,(H2,13,14,15). The lowest BCUT2D eigenvalue weighted by atomic mass is 10.0. The van der Waals surface area contributed by atoms with Crippen molar-refractivity contribution in [2.24, 2.45) is 10.9 Å². The van der Waals surface area contributed by atoms with E-state index < -0.39 is 0 Å². The summed E-state index contributed by atoms with van der Waals surface area (Å²) in [5.74, 6) is 1.61. The number of rotatable bonds is 6. The molecule has 0 aliphatic heterocycles. The number of nitrogens with one attached hydrogen (secondary N) is 2. The largest absolute Gasteiger partial charge is 0.354 e. The molecule has 0 amide bonds. The van der Waals surface area contributed by atoms with E-state index in [1.54, 1.807) is 7.05 Å². The monoisotopic (exact) mass is 211 g/mol. The molecule has 0 saturated carbocycles. The zero-order valence-electron chi connectivity index (χ0n) is 10.5. The van der Waals surface area contributed by atoms with Gasteiger partial charge in [0.2, 0.25) is 0 Å². The van der Waals surface area contributed by atoms with Crippen LogP contribution in [0.25, 0.3) is 0 Å². The maximum absolute atomic E-state index is 4.14. The third-order valence-electron chi connectivity index (χ3n) is 2.20. The number of hydrogen-bond acceptors (Lipinski definition) is 1.